The largest absolute Gasteiger partial charge is 0.436 e. The van der Waals surface area contributed by atoms with Crippen molar-refractivity contribution < 1.29 is 22.9 Å². The summed E-state index contributed by atoms with van der Waals surface area (Å²) in [6.45, 7) is 20.3. The molecule has 1 atom stereocenters. The number of aliphatic hydroxyl groups excluding tert-OH is 1. The molecule has 0 bridgehead atoms. The molecule has 0 saturated heterocycles. The minimum Gasteiger partial charge on any atom is -0.436 e. The highest BCUT2D eigenvalue weighted by molar-refractivity contribution is 6.81. The molecule has 1 unspecified atom stereocenters. The van der Waals surface area contributed by atoms with Gasteiger partial charge in [-0.3, -0.25) is 0 Å². The molecule has 0 aromatic carbocycles. The van der Waals surface area contributed by atoms with Gasteiger partial charge in [-0.05, 0) is 96.9 Å². The van der Waals surface area contributed by atoms with Crippen LogP contribution < -0.4 is 11.5 Å². The number of nitrogens with two attached hydrogens (primary N) is 2. The van der Waals surface area contributed by atoms with Crippen molar-refractivity contribution in [2.75, 3.05) is 34.4 Å². The lowest BCUT2D eigenvalue weighted by molar-refractivity contribution is 0.301. The van der Waals surface area contributed by atoms with Crippen LogP contribution in [0.25, 0.3) is 0 Å². The van der Waals surface area contributed by atoms with E-state index in [2.05, 4.69) is 39.3 Å². The highest BCUT2D eigenvalue weighted by atomic mass is 28.4. The number of rotatable bonds is 10. The second kappa shape index (κ2) is 19.3. The first-order chi connectivity index (χ1) is 12.9. The molecule has 29 heavy (non-hydrogen) atoms. The summed E-state index contributed by atoms with van der Waals surface area (Å²) in [6.07, 6.45) is 2.11. The van der Waals surface area contributed by atoms with Gasteiger partial charge in [-0.2, -0.15) is 0 Å². The summed E-state index contributed by atoms with van der Waals surface area (Å²) in [6, 6.07) is 2.18. The zero-order valence-corrected chi connectivity index (χ0v) is 25.5. The van der Waals surface area contributed by atoms with E-state index in [4.69, 9.17) is 34.3 Å². The molecule has 0 saturated carbocycles. The summed E-state index contributed by atoms with van der Waals surface area (Å²) >= 11 is 0. The second-order valence-electron chi connectivity index (χ2n) is 9.47. The average Bonchev–Trinajstić information content (AvgIpc) is 2.58. The lowest BCUT2D eigenvalue weighted by atomic mass is 10.5. The van der Waals surface area contributed by atoms with Gasteiger partial charge in [0.2, 0.25) is 0 Å². The molecule has 0 aromatic heterocycles. The fourth-order valence-electron chi connectivity index (χ4n) is 1.90. The van der Waals surface area contributed by atoms with Gasteiger partial charge in [-0.25, -0.2) is 0 Å². The van der Waals surface area contributed by atoms with E-state index in [1.165, 1.54) is 6.04 Å². The third-order valence-corrected chi connectivity index (χ3v) is 12.3. The van der Waals surface area contributed by atoms with Crippen molar-refractivity contribution in [2.24, 2.45) is 11.5 Å². The summed E-state index contributed by atoms with van der Waals surface area (Å²) in [5.74, 6) is 0. The van der Waals surface area contributed by atoms with Crippen molar-refractivity contribution in [1.82, 2.24) is 0 Å². The maximum Gasteiger partial charge on any atom is 0.324 e. The van der Waals surface area contributed by atoms with Gasteiger partial charge in [0.1, 0.15) is 0 Å². The zero-order chi connectivity index (χ0) is 24.4. The van der Waals surface area contributed by atoms with Gasteiger partial charge < -0.3 is 34.3 Å². The van der Waals surface area contributed by atoms with E-state index in [1.54, 1.807) is 14.2 Å². The van der Waals surface area contributed by atoms with E-state index in [0.29, 0.717) is 0 Å². The summed E-state index contributed by atoms with van der Waals surface area (Å²) in [7, 11) is -1.71. The van der Waals surface area contributed by atoms with Crippen molar-refractivity contribution >= 4 is 33.5 Å². The van der Waals surface area contributed by atoms with Crippen molar-refractivity contribution in [3.05, 3.63) is 0 Å². The standard InChI is InChI=1S/C8H23NO2Si2.C6H17NOSi.C3H10OSi.CH4O/c1-10-13(5,8-6-7-9)11-12(2,3)4;1-8-9(2,3)6-4-5-7;1-5(2,3)4;1-2/h6-9H2,1-5H3;4-7H2,1-3H3;4H,1-3H3;2H,1H3. The molecule has 0 heterocycles. The molecule has 0 aliphatic carbocycles. The third kappa shape index (κ3) is 39.6. The van der Waals surface area contributed by atoms with Crippen LogP contribution in [-0.4, -0.2) is 77.8 Å². The molecule has 11 heteroatoms. The van der Waals surface area contributed by atoms with Crippen molar-refractivity contribution in [3.8, 4) is 0 Å². The molecule has 0 aliphatic heterocycles. The Labute approximate surface area is 186 Å². The molecule has 0 radical (unpaired) electrons. The minimum absolute atomic E-state index is 0.723. The first-order valence-electron chi connectivity index (χ1n) is 10.3. The Hall–Kier alpha value is 0.588. The molecule has 6 N–H and O–H groups in total. The SMILES string of the molecule is CO.CO[Si](C)(C)CCCN.CO[Si](C)(CCCN)O[Si](C)(C)C.C[Si](C)(C)O. The fourth-order valence-corrected chi connectivity index (χ4v) is 10.1. The maximum absolute atomic E-state index is 8.66. The Morgan fingerprint density at radius 2 is 1.03 bits per heavy atom. The topological polar surface area (TPSA) is 120 Å². The van der Waals surface area contributed by atoms with Gasteiger partial charge in [-0.1, -0.05) is 0 Å². The molecular weight excluding hydrogens is 437 g/mol. The van der Waals surface area contributed by atoms with Crippen molar-refractivity contribution in [2.45, 2.75) is 83.9 Å². The first-order valence-corrected chi connectivity index (χ1v) is 22.8. The second-order valence-corrected chi connectivity index (χ2v) is 26.5. The smallest absolute Gasteiger partial charge is 0.324 e. The van der Waals surface area contributed by atoms with E-state index in [1.807, 2.05) is 19.6 Å². The van der Waals surface area contributed by atoms with Gasteiger partial charge >= 0.3 is 8.56 Å². The van der Waals surface area contributed by atoms with Gasteiger partial charge in [0.25, 0.3) is 0 Å². The Balaban J connectivity index is -0.000000169. The van der Waals surface area contributed by atoms with E-state index in [9.17, 15) is 0 Å². The summed E-state index contributed by atoms with van der Waals surface area (Å²) in [5.41, 5.74) is 10.8. The Bertz CT molecular complexity index is 348. The summed E-state index contributed by atoms with van der Waals surface area (Å²) in [4.78, 5) is 8.66. The highest BCUT2D eigenvalue weighted by Crippen LogP contribution is 2.20. The molecule has 0 aromatic rings. The number of hydrogen-bond donors (Lipinski definition) is 4. The van der Waals surface area contributed by atoms with Crippen molar-refractivity contribution in [3.63, 3.8) is 0 Å². The predicted molar refractivity (Wildman–Crippen MR) is 138 cm³/mol. The summed E-state index contributed by atoms with van der Waals surface area (Å²) in [5, 5.41) is 7.00. The van der Waals surface area contributed by atoms with Crippen LogP contribution in [0.4, 0.5) is 0 Å². The van der Waals surface area contributed by atoms with Gasteiger partial charge in [0.15, 0.2) is 25.0 Å². The molecule has 0 fully saturated rings. The van der Waals surface area contributed by atoms with E-state index < -0.39 is 33.5 Å². The molecule has 7 nitrogen and oxygen atoms in total. The Kier molecular flexibility index (Phi) is 24.6. The Morgan fingerprint density at radius 3 is 1.28 bits per heavy atom. The van der Waals surface area contributed by atoms with Crippen LogP contribution in [0.1, 0.15) is 12.8 Å². The summed E-state index contributed by atoms with van der Waals surface area (Å²) < 4.78 is 16.9. The quantitative estimate of drug-likeness (QED) is 0.346. The first kappa shape index (κ1) is 36.9. The zero-order valence-electron chi connectivity index (χ0n) is 21.5. The maximum atomic E-state index is 8.66. The van der Waals surface area contributed by atoms with Gasteiger partial charge in [-0.15, -0.1) is 0 Å². The number of aliphatic hydroxyl groups is 1. The molecule has 0 amide bonds. The van der Waals surface area contributed by atoms with Crippen LogP contribution in [-0.2, 0) is 13.0 Å². The normalized spacial score (nSPS) is 13.7. The molecule has 0 rings (SSSR count). The molecule has 182 valence electrons. The lowest BCUT2D eigenvalue weighted by Gasteiger charge is -2.32. The van der Waals surface area contributed by atoms with Gasteiger partial charge in [0.05, 0.1) is 0 Å². The van der Waals surface area contributed by atoms with Crippen LogP contribution in [0.15, 0.2) is 0 Å². The third-order valence-electron chi connectivity index (χ3n) is 3.32. The lowest BCUT2D eigenvalue weighted by Crippen LogP contribution is -2.46. The fraction of sp³-hybridized carbons (Fsp3) is 1.00. The van der Waals surface area contributed by atoms with E-state index in [-0.39, 0.29) is 0 Å². The Morgan fingerprint density at radius 1 is 0.690 bits per heavy atom. The minimum atomic E-state index is -1.90. The van der Waals surface area contributed by atoms with Crippen LogP contribution in [0.2, 0.25) is 71.0 Å². The number of hydrogen-bond acceptors (Lipinski definition) is 7. The molecule has 0 aliphatic rings. The molecular formula is C18H54N2O5Si4. The predicted octanol–water partition coefficient (Wildman–Crippen LogP) is 3.51. The van der Waals surface area contributed by atoms with Crippen LogP contribution in [0.5, 0.6) is 0 Å². The van der Waals surface area contributed by atoms with E-state index in [0.717, 1.165) is 39.1 Å². The van der Waals surface area contributed by atoms with Crippen LogP contribution >= 0.6 is 0 Å². The van der Waals surface area contributed by atoms with Crippen molar-refractivity contribution in [1.29, 1.82) is 0 Å². The van der Waals surface area contributed by atoms with E-state index >= 15 is 0 Å². The average molecular weight is 491 g/mol. The molecule has 0 spiro atoms. The monoisotopic (exact) mass is 490 g/mol. The van der Waals surface area contributed by atoms with Gasteiger partial charge in [0, 0.05) is 21.3 Å². The van der Waals surface area contributed by atoms with Crippen LogP contribution in [0, 0.1) is 0 Å². The van der Waals surface area contributed by atoms with Crippen LogP contribution in [0.3, 0.4) is 0 Å². The highest BCUT2D eigenvalue weighted by Gasteiger charge is 2.34.